The van der Waals surface area contributed by atoms with Crippen LogP contribution in [0.3, 0.4) is 0 Å². The fourth-order valence-corrected chi connectivity index (χ4v) is 1.02. The second-order valence-electron chi connectivity index (χ2n) is 4.88. The summed E-state index contributed by atoms with van der Waals surface area (Å²) in [5.41, 5.74) is -2.44. The molecule has 0 rings (SSSR count). The van der Waals surface area contributed by atoms with Crippen LogP contribution in [0.15, 0.2) is 12.2 Å². The van der Waals surface area contributed by atoms with Gasteiger partial charge >= 0.3 is 6.09 Å². The summed E-state index contributed by atoms with van der Waals surface area (Å²) in [6.07, 6.45) is 1.71. The summed E-state index contributed by atoms with van der Waals surface area (Å²) >= 11 is 0. The highest BCUT2D eigenvalue weighted by Gasteiger charge is 2.27. The van der Waals surface area contributed by atoms with E-state index in [0.29, 0.717) is 0 Å². The van der Waals surface area contributed by atoms with Gasteiger partial charge in [-0.1, -0.05) is 12.2 Å². The van der Waals surface area contributed by atoms with E-state index in [4.69, 9.17) is 10.00 Å². The SMILES string of the molecule is CC(C)(C)OC(=O)NC(C)(/C=C/CC#N)C(=O)[O-]. The molecule has 100 valence electrons. The van der Waals surface area contributed by atoms with E-state index in [2.05, 4.69) is 5.32 Å². The third-order valence-electron chi connectivity index (χ3n) is 1.84. The van der Waals surface area contributed by atoms with E-state index in [1.165, 1.54) is 19.1 Å². The summed E-state index contributed by atoms with van der Waals surface area (Å²) in [7, 11) is 0. The predicted octanol–water partition coefficient (Wildman–Crippen LogP) is 0.490. The van der Waals surface area contributed by atoms with E-state index >= 15 is 0 Å². The topological polar surface area (TPSA) is 102 Å². The average molecular weight is 253 g/mol. The Morgan fingerprint density at radius 3 is 2.33 bits per heavy atom. The number of carbonyl (C=O) groups is 2. The number of allylic oxidation sites excluding steroid dienone is 1. The molecule has 0 spiro atoms. The molecule has 0 fully saturated rings. The molecule has 6 nitrogen and oxygen atoms in total. The van der Waals surface area contributed by atoms with Crippen molar-refractivity contribution < 1.29 is 19.4 Å². The molecule has 0 saturated heterocycles. The molecule has 0 radical (unpaired) electrons. The standard InChI is InChI=1S/C12H18N2O4/c1-11(2,3)18-10(17)14-12(4,9(15)16)7-5-6-8-13/h5,7H,6H2,1-4H3,(H,14,17)(H,15,16)/p-1/b7-5+. The van der Waals surface area contributed by atoms with Crippen molar-refractivity contribution in [3.63, 3.8) is 0 Å². The summed E-state index contributed by atoms with van der Waals surface area (Å²) in [5.74, 6) is -1.48. The van der Waals surface area contributed by atoms with Crippen LogP contribution in [0.1, 0.15) is 34.1 Å². The molecular weight excluding hydrogens is 236 g/mol. The average Bonchev–Trinajstić information content (AvgIpc) is 2.14. The van der Waals surface area contributed by atoms with E-state index < -0.39 is 23.2 Å². The van der Waals surface area contributed by atoms with Gasteiger partial charge in [-0.05, 0) is 27.7 Å². The fraction of sp³-hybridized carbons (Fsp3) is 0.583. The van der Waals surface area contributed by atoms with Crippen LogP contribution in [0, 0.1) is 11.3 Å². The molecule has 0 aliphatic rings. The molecule has 6 heteroatoms. The number of amides is 1. The van der Waals surface area contributed by atoms with Gasteiger partial charge < -0.3 is 20.0 Å². The van der Waals surface area contributed by atoms with Gasteiger partial charge in [0.15, 0.2) is 0 Å². The first-order valence-electron chi connectivity index (χ1n) is 5.38. The van der Waals surface area contributed by atoms with Crippen molar-refractivity contribution in [3.05, 3.63) is 12.2 Å². The minimum absolute atomic E-state index is 0.0405. The highest BCUT2D eigenvalue weighted by Crippen LogP contribution is 2.10. The Kier molecular flexibility index (Phi) is 5.37. The monoisotopic (exact) mass is 253 g/mol. The molecule has 1 amide bonds. The van der Waals surface area contributed by atoms with Crippen LogP contribution in [0.4, 0.5) is 4.79 Å². The number of hydrogen-bond acceptors (Lipinski definition) is 5. The van der Waals surface area contributed by atoms with Crippen LogP contribution in [-0.4, -0.2) is 23.2 Å². The van der Waals surface area contributed by atoms with Gasteiger partial charge in [0.2, 0.25) is 0 Å². The minimum Gasteiger partial charge on any atom is -0.547 e. The van der Waals surface area contributed by atoms with E-state index in [1.807, 2.05) is 6.07 Å². The Balaban J connectivity index is 4.78. The van der Waals surface area contributed by atoms with Crippen molar-refractivity contribution in [1.82, 2.24) is 5.32 Å². The number of nitriles is 1. The number of rotatable bonds is 4. The quantitative estimate of drug-likeness (QED) is 0.734. The Morgan fingerprint density at radius 1 is 1.39 bits per heavy atom. The number of carboxylic acids is 1. The third-order valence-corrected chi connectivity index (χ3v) is 1.84. The van der Waals surface area contributed by atoms with Crippen LogP contribution in [-0.2, 0) is 9.53 Å². The Labute approximate surface area is 106 Å². The van der Waals surface area contributed by atoms with Crippen molar-refractivity contribution in [2.45, 2.75) is 45.3 Å². The van der Waals surface area contributed by atoms with Gasteiger partial charge in [-0.25, -0.2) is 4.79 Å². The highest BCUT2D eigenvalue weighted by molar-refractivity contribution is 5.84. The van der Waals surface area contributed by atoms with Gasteiger partial charge in [0, 0.05) is 0 Å². The zero-order valence-corrected chi connectivity index (χ0v) is 10.9. The van der Waals surface area contributed by atoms with E-state index in [-0.39, 0.29) is 6.42 Å². The summed E-state index contributed by atoms with van der Waals surface area (Å²) in [5, 5.41) is 21.5. The first-order valence-corrected chi connectivity index (χ1v) is 5.38. The van der Waals surface area contributed by atoms with E-state index in [9.17, 15) is 14.7 Å². The summed E-state index contributed by atoms with van der Waals surface area (Å²) in [6.45, 7) is 6.23. The minimum atomic E-state index is -1.71. The highest BCUT2D eigenvalue weighted by atomic mass is 16.6. The molecular formula is C12H17N2O4-. The predicted molar refractivity (Wildman–Crippen MR) is 62.2 cm³/mol. The number of nitrogens with zero attached hydrogens (tertiary/aromatic N) is 1. The third kappa shape index (κ3) is 5.89. The fourth-order valence-electron chi connectivity index (χ4n) is 1.02. The molecule has 0 heterocycles. The second-order valence-corrected chi connectivity index (χ2v) is 4.88. The Hall–Kier alpha value is -2.03. The number of alkyl carbamates (subject to hydrolysis) is 1. The molecule has 0 aromatic heterocycles. The zero-order valence-electron chi connectivity index (χ0n) is 10.9. The number of nitrogens with one attached hydrogen (secondary N) is 1. The first kappa shape index (κ1) is 16.0. The first-order chi connectivity index (χ1) is 8.10. The molecule has 1 unspecified atom stereocenters. The van der Waals surface area contributed by atoms with Crippen molar-refractivity contribution in [2.24, 2.45) is 0 Å². The molecule has 0 aromatic carbocycles. The van der Waals surface area contributed by atoms with Gasteiger partial charge in [-0.3, -0.25) is 0 Å². The lowest BCUT2D eigenvalue weighted by molar-refractivity contribution is -0.311. The lowest BCUT2D eigenvalue weighted by Gasteiger charge is -2.30. The van der Waals surface area contributed by atoms with Gasteiger partial charge in [0.05, 0.1) is 24.0 Å². The van der Waals surface area contributed by atoms with Gasteiger partial charge in [-0.2, -0.15) is 5.26 Å². The smallest absolute Gasteiger partial charge is 0.408 e. The van der Waals surface area contributed by atoms with Crippen LogP contribution in [0.25, 0.3) is 0 Å². The van der Waals surface area contributed by atoms with Crippen molar-refractivity contribution in [2.75, 3.05) is 0 Å². The van der Waals surface area contributed by atoms with Gasteiger partial charge in [0.25, 0.3) is 0 Å². The number of ether oxygens (including phenoxy) is 1. The van der Waals surface area contributed by atoms with Crippen LogP contribution in [0.2, 0.25) is 0 Å². The number of aliphatic carboxylic acids is 1. The van der Waals surface area contributed by atoms with Crippen LogP contribution < -0.4 is 10.4 Å². The Bertz CT molecular complexity index is 390. The molecule has 0 aliphatic heterocycles. The normalized spacial score (nSPS) is 14.6. The maximum atomic E-state index is 11.5. The number of hydrogen-bond donors (Lipinski definition) is 1. The summed E-state index contributed by atoms with van der Waals surface area (Å²) in [6, 6.07) is 1.83. The van der Waals surface area contributed by atoms with Crippen molar-refractivity contribution >= 4 is 12.1 Å². The van der Waals surface area contributed by atoms with Gasteiger partial charge in [-0.15, -0.1) is 0 Å². The number of carbonyl (C=O) groups excluding carboxylic acids is 2. The summed E-state index contributed by atoms with van der Waals surface area (Å²) in [4.78, 5) is 22.5. The number of carboxylic acid groups (broad SMARTS) is 1. The van der Waals surface area contributed by atoms with Crippen molar-refractivity contribution in [3.8, 4) is 6.07 Å². The van der Waals surface area contributed by atoms with E-state index in [0.717, 1.165) is 0 Å². The molecule has 0 aromatic rings. The molecule has 18 heavy (non-hydrogen) atoms. The molecule has 0 bridgehead atoms. The Morgan fingerprint density at radius 2 is 1.94 bits per heavy atom. The molecule has 1 atom stereocenters. The molecule has 0 saturated carbocycles. The lowest BCUT2D eigenvalue weighted by atomic mass is 10.0. The molecule has 1 N–H and O–H groups in total. The van der Waals surface area contributed by atoms with E-state index in [1.54, 1.807) is 20.8 Å². The summed E-state index contributed by atoms with van der Waals surface area (Å²) < 4.78 is 4.95. The maximum absolute atomic E-state index is 11.5. The lowest BCUT2D eigenvalue weighted by Crippen LogP contribution is -2.57. The van der Waals surface area contributed by atoms with Crippen LogP contribution >= 0.6 is 0 Å². The molecule has 0 aliphatic carbocycles. The van der Waals surface area contributed by atoms with Crippen molar-refractivity contribution in [1.29, 1.82) is 5.26 Å². The van der Waals surface area contributed by atoms with Gasteiger partial charge in [0.1, 0.15) is 5.60 Å². The largest absolute Gasteiger partial charge is 0.547 e. The maximum Gasteiger partial charge on any atom is 0.408 e. The zero-order chi connectivity index (χ0) is 14.4. The second kappa shape index (κ2) is 6.05. The van der Waals surface area contributed by atoms with Crippen LogP contribution in [0.5, 0.6) is 0 Å².